The molecule has 2 unspecified atom stereocenters. The molecule has 0 spiro atoms. The molecule has 0 radical (unpaired) electrons. The second kappa shape index (κ2) is 9.65. The van der Waals surface area contributed by atoms with E-state index in [1.165, 1.54) is 10.8 Å². The Labute approximate surface area is 191 Å². The number of aromatic nitrogens is 1. The molecular weight excluding hydrogens is 527 g/mol. The Kier molecular flexibility index (Phi) is 7.82. The minimum Gasteiger partial charge on any atom is -0.387 e. The smallest absolute Gasteiger partial charge is 0.387 e. The lowest BCUT2D eigenvalue weighted by Crippen LogP contribution is -2.33. The first-order valence-corrected chi connectivity index (χ1v) is 13.9. The second-order valence-corrected chi connectivity index (χ2v) is 11.9. The third kappa shape index (κ3) is 6.63. The van der Waals surface area contributed by atoms with E-state index in [2.05, 4.69) is 13.1 Å². The van der Waals surface area contributed by atoms with E-state index in [9.17, 15) is 28.8 Å². The number of aliphatic hydroxyl groups is 2. The maximum absolute atomic E-state index is 11.9. The molecule has 0 saturated carbocycles. The molecule has 33 heavy (non-hydrogen) atoms. The molecule has 3 rings (SSSR count). The topological polar surface area (TPSA) is 214 Å². The molecule has 1 aromatic heterocycles. The van der Waals surface area contributed by atoms with Gasteiger partial charge < -0.3 is 39.1 Å². The summed E-state index contributed by atoms with van der Waals surface area (Å²) in [6.07, 6.45) is -4.24. The summed E-state index contributed by atoms with van der Waals surface area (Å²) in [5.74, 6) is 0. The van der Waals surface area contributed by atoms with Crippen molar-refractivity contribution in [2.45, 2.75) is 31.5 Å². The molecule has 1 aromatic carbocycles. The van der Waals surface area contributed by atoms with Crippen LogP contribution in [0.25, 0.3) is 10.8 Å². The lowest BCUT2D eigenvalue weighted by Gasteiger charge is -2.20. The number of hydrogen-bond acceptors (Lipinski definition) is 10. The number of aliphatic hydroxyl groups excluding tert-OH is 2. The number of phosphoric acid groups is 3. The summed E-state index contributed by atoms with van der Waals surface area (Å²) in [5, 5.41) is 22.2. The maximum Gasteiger partial charge on any atom is 0.490 e. The van der Waals surface area contributed by atoms with Gasteiger partial charge in [0.05, 0.1) is 6.61 Å². The first-order valence-electron chi connectivity index (χ1n) is 9.00. The summed E-state index contributed by atoms with van der Waals surface area (Å²) in [6, 6.07) is 7.25. The van der Waals surface area contributed by atoms with Crippen LogP contribution in [0.4, 0.5) is 0 Å². The largest absolute Gasteiger partial charge is 0.490 e. The highest BCUT2D eigenvalue weighted by atomic mass is 32.1. The third-order valence-electron chi connectivity index (χ3n) is 4.52. The lowest BCUT2D eigenvalue weighted by molar-refractivity contribution is -0.0525. The van der Waals surface area contributed by atoms with Gasteiger partial charge in [0, 0.05) is 11.6 Å². The van der Waals surface area contributed by atoms with Crippen molar-refractivity contribution in [3.8, 4) is 0 Å². The van der Waals surface area contributed by atoms with Crippen LogP contribution in [0, 0.1) is 11.6 Å². The standard InChI is InChI=1S/C15H20NO13P3S/c1-8-2-3-10-9(6-8)4-5-16(15(10)33)14-13(18)12(17)11(27-14)7-26-31(22,23)29-32(24,25)28-30(19,20)21/h2-6,11-14,17-18H,7H2,1H3,(H,22,23)(H,24,25)(H2,19,20,21)/t11-,12-,13-,14-/m1/s1. The van der Waals surface area contributed by atoms with E-state index >= 15 is 0 Å². The Balaban J connectivity index is 1.73. The number of aryl methyl sites for hydroxylation is 1. The molecule has 2 heterocycles. The highest BCUT2D eigenvalue weighted by Crippen LogP contribution is 2.66. The van der Waals surface area contributed by atoms with E-state index in [0.717, 1.165) is 10.9 Å². The van der Waals surface area contributed by atoms with Gasteiger partial charge in [-0.05, 0) is 18.4 Å². The van der Waals surface area contributed by atoms with Crippen molar-refractivity contribution in [1.29, 1.82) is 0 Å². The van der Waals surface area contributed by atoms with Crippen LogP contribution in [0.15, 0.2) is 30.5 Å². The van der Waals surface area contributed by atoms with Gasteiger partial charge in [0.15, 0.2) is 6.23 Å². The van der Waals surface area contributed by atoms with E-state index in [1.807, 2.05) is 19.1 Å². The fourth-order valence-corrected chi connectivity index (χ4v) is 6.53. The van der Waals surface area contributed by atoms with Crippen molar-refractivity contribution in [3.63, 3.8) is 0 Å². The van der Waals surface area contributed by atoms with Crippen LogP contribution < -0.4 is 0 Å². The van der Waals surface area contributed by atoms with Crippen LogP contribution in [0.3, 0.4) is 0 Å². The van der Waals surface area contributed by atoms with Crippen LogP contribution >= 0.6 is 35.7 Å². The van der Waals surface area contributed by atoms with Gasteiger partial charge in [0.25, 0.3) is 0 Å². The monoisotopic (exact) mass is 547 g/mol. The molecule has 1 aliphatic heterocycles. The van der Waals surface area contributed by atoms with E-state index in [1.54, 1.807) is 12.1 Å². The fourth-order valence-electron chi connectivity index (χ4n) is 3.15. The molecule has 1 saturated heterocycles. The predicted molar refractivity (Wildman–Crippen MR) is 113 cm³/mol. The Morgan fingerprint density at radius 3 is 2.33 bits per heavy atom. The molecule has 0 aliphatic carbocycles. The summed E-state index contributed by atoms with van der Waals surface area (Å²) in [4.78, 5) is 35.8. The minimum absolute atomic E-state index is 0.289. The average molecular weight is 547 g/mol. The number of hydrogen-bond donors (Lipinski definition) is 6. The molecule has 1 fully saturated rings. The number of rotatable bonds is 8. The normalized spacial score (nSPS) is 27.4. The van der Waals surface area contributed by atoms with Crippen molar-refractivity contribution >= 4 is 46.5 Å². The van der Waals surface area contributed by atoms with Crippen molar-refractivity contribution < 1.29 is 61.4 Å². The third-order valence-corrected chi connectivity index (χ3v) is 8.75. The van der Waals surface area contributed by atoms with Crippen LogP contribution in [0.1, 0.15) is 11.8 Å². The highest BCUT2D eigenvalue weighted by Gasteiger charge is 2.46. The van der Waals surface area contributed by atoms with Crippen LogP contribution in [-0.2, 0) is 31.6 Å². The van der Waals surface area contributed by atoms with Crippen LogP contribution in [0.2, 0.25) is 0 Å². The summed E-state index contributed by atoms with van der Waals surface area (Å²) in [6.45, 7) is 0.991. The second-order valence-electron chi connectivity index (χ2n) is 7.05. The van der Waals surface area contributed by atoms with Gasteiger partial charge in [-0.25, -0.2) is 13.7 Å². The fraction of sp³-hybridized carbons (Fsp3) is 0.400. The predicted octanol–water partition coefficient (Wildman–Crippen LogP) is 1.64. The summed E-state index contributed by atoms with van der Waals surface area (Å²) in [7, 11) is -16.6. The molecule has 0 amide bonds. The molecule has 1 aliphatic rings. The number of ether oxygens (including phenoxy) is 1. The van der Waals surface area contributed by atoms with E-state index < -0.39 is 54.6 Å². The van der Waals surface area contributed by atoms with E-state index in [4.69, 9.17) is 31.6 Å². The molecule has 2 aromatic rings. The number of nitrogens with zero attached hydrogens (tertiary/aromatic N) is 1. The summed E-state index contributed by atoms with van der Waals surface area (Å²) in [5.41, 5.74) is 1.01. The summed E-state index contributed by atoms with van der Waals surface area (Å²) < 4.78 is 52.8. The Hall–Kier alpha value is -0.860. The number of phosphoric ester groups is 1. The van der Waals surface area contributed by atoms with Gasteiger partial charge in [-0.15, -0.1) is 0 Å². The van der Waals surface area contributed by atoms with Crippen molar-refractivity contribution in [2.75, 3.05) is 6.61 Å². The quantitative estimate of drug-likeness (QED) is 0.205. The Morgan fingerprint density at radius 1 is 1.03 bits per heavy atom. The summed E-state index contributed by atoms with van der Waals surface area (Å²) >= 11 is 5.45. The number of pyridine rings is 1. The van der Waals surface area contributed by atoms with Gasteiger partial charge in [-0.2, -0.15) is 8.62 Å². The van der Waals surface area contributed by atoms with Gasteiger partial charge >= 0.3 is 23.5 Å². The van der Waals surface area contributed by atoms with Crippen molar-refractivity contribution in [3.05, 3.63) is 40.7 Å². The molecule has 18 heteroatoms. The van der Waals surface area contributed by atoms with Gasteiger partial charge in [0.1, 0.15) is 23.0 Å². The van der Waals surface area contributed by atoms with Crippen molar-refractivity contribution in [2.24, 2.45) is 0 Å². The first kappa shape index (κ1) is 26.7. The average Bonchev–Trinajstić information content (AvgIpc) is 2.92. The zero-order valence-corrected chi connectivity index (χ0v) is 20.1. The molecule has 6 N–H and O–H groups in total. The molecule has 184 valence electrons. The Morgan fingerprint density at radius 2 is 1.70 bits per heavy atom. The van der Waals surface area contributed by atoms with Gasteiger partial charge in [0.2, 0.25) is 0 Å². The minimum atomic E-state index is -5.69. The van der Waals surface area contributed by atoms with E-state index in [0.29, 0.717) is 5.39 Å². The maximum atomic E-state index is 11.9. The van der Waals surface area contributed by atoms with E-state index in [-0.39, 0.29) is 4.64 Å². The van der Waals surface area contributed by atoms with Gasteiger partial charge in [-0.1, -0.05) is 36.0 Å². The highest BCUT2D eigenvalue weighted by molar-refractivity contribution is 7.71. The first-order chi connectivity index (χ1) is 15.1. The van der Waals surface area contributed by atoms with Crippen LogP contribution in [-0.4, -0.2) is 59.3 Å². The zero-order valence-electron chi connectivity index (χ0n) is 16.6. The number of benzene rings is 1. The van der Waals surface area contributed by atoms with Crippen LogP contribution in [0.5, 0.6) is 0 Å². The molecule has 0 bridgehead atoms. The number of fused-ring (bicyclic) bond motifs is 1. The SMILES string of the molecule is Cc1ccc2c(=S)n([C@@H]3O[C@H](COP(=O)(O)OP(=O)(O)OP(=O)(O)O)[C@@H](O)[C@H]3O)ccc2c1. The molecule has 14 nitrogen and oxygen atoms in total. The lowest BCUT2D eigenvalue weighted by atomic mass is 10.1. The van der Waals surface area contributed by atoms with Crippen molar-refractivity contribution in [1.82, 2.24) is 4.57 Å². The zero-order chi connectivity index (χ0) is 24.8. The Bertz CT molecular complexity index is 1250. The molecule has 6 atom stereocenters. The van der Waals surface area contributed by atoms with Gasteiger partial charge in [-0.3, -0.25) is 4.52 Å². The molecular formula is C15H20NO13P3S.